The fourth-order valence-electron chi connectivity index (χ4n) is 17.4. The molecule has 9 saturated heterocycles. The van der Waals surface area contributed by atoms with Gasteiger partial charge in [0.2, 0.25) is 65.0 Å². The number of aryl methyl sites for hydroxylation is 1. The first-order valence-electron chi connectivity index (χ1n) is 36.9. The van der Waals surface area contributed by atoms with E-state index in [0.29, 0.717) is 102 Å². The van der Waals surface area contributed by atoms with Crippen LogP contribution in [0.15, 0.2) is 18.6 Å². The van der Waals surface area contributed by atoms with Crippen LogP contribution in [0.1, 0.15) is 133 Å². The summed E-state index contributed by atoms with van der Waals surface area (Å²) >= 11 is 0. The van der Waals surface area contributed by atoms with E-state index in [-0.39, 0.29) is 160 Å². The third-order valence-electron chi connectivity index (χ3n) is 22.4. The number of rotatable bonds is 9. The molecule has 0 radical (unpaired) electrons. The highest BCUT2D eigenvalue weighted by Gasteiger charge is 2.52. The van der Waals surface area contributed by atoms with Gasteiger partial charge in [0.1, 0.15) is 111 Å². The molecule has 0 spiro atoms. The summed E-state index contributed by atoms with van der Waals surface area (Å²) in [5.74, 6) is -5.60. The first-order valence-corrected chi connectivity index (χ1v) is 36.9. The zero-order valence-electron chi connectivity index (χ0n) is 58.6. The molecular weight excluding hydrogens is 1370 g/mol. The van der Waals surface area contributed by atoms with Crippen molar-refractivity contribution in [3.8, 4) is 0 Å². The van der Waals surface area contributed by atoms with Crippen molar-refractivity contribution in [1.29, 1.82) is 0 Å². The Labute approximate surface area is 603 Å². The Bertz CT molecular complexity index is 3460. The van der Waals surface area contributed by atoms with Crippen LogP contribution in [0.25, 0.3) is 0 Å². The van der Waals surface area contributed by atoms with Crippen LogP contribution in [-0.2, 0) is 121 Å². The summed E-state index contributed by atoms with van der Waals surface area (Å²) in [6, 6.07) is -8.57. The molecule has 105 heavy (non-hydrogen) atoms. The summed E-state index contributed by atoms with van der Waals surface area (Å²) in [7, 11) is 0. The van der Waals surface area contributed by atoms with Gasteiger partial charge in [-0.3, -0.25) is 57.5 Å². The second-order valence-corrected chi connectivity index (χ2v) is 29.0. The number of hydrogen-bond donors (Lipinski definition) is 2. The quantitative estimate of drug-likeness (QED) is 0.194. The highest BCUT2D eigenvalue weighted by molar-refractivity contribution is 5.98. The van der Waals surface area contributed by atoms with Crippen molar-refractivity contribution in [3.63, 3.8) is 0 Å². The summed E-state index contributed by atoms with van der Waals surface area (Å²) in [4.78, 5) is 221. The van der Waals surface area contributed by atoms with E-state index in [9.17, 15) is 71.9 Å². The van der Waals surface area contributed by atoms with Crippen LogP contribution < -0.4 is 10.6 Å². The molecule has 564 valence electrons. The molecule has 10 aliphatic heterocycles. The Hall–Kier alpha value is -9.81. The minimum Gasteiger partial charge on any atom is -0.369 e. The molecule has 0 aromatic carbocycles. The first kappa shape index (κ1) is 73.5. The van der Waals surface area contributed by atoms with Crippen LogP contribution in [0.2, 0.25) is 0 Å². The fraction of sp³-hybridized carbons (Fsp3) is 0.691. The molecule has 6 bridgehead atoms. The number of Topliss-reactive ketones (excluding diaryl/α,β-unsaturated/α-hetero) is 1. The minimum absolute atomic E-state index is 0.0213. The molecule has 12 atom stereocenters. The molecule has 3 aromatic heterocycles. The highest BCUT2D eigenvalue weighted by atomic mass is 16.5. The summed E-state index contributed by atoms with van der Waals surface area (Å²) in [5, 5.41) is 30.8. The topological polar surface area (TPSA) is 420 Å². The van der Waals surface area contributed by atoms with Crippen molar-refractivity contribution < 1.29 is 81.4 Å². The molecule has 10 aliphatic rings. The molecule has 2 N–H and O–H groups in total. The second-order valence-electron chi connectivity index (χ2n) is 29.0. The van der Waals surface area contributed by atoms with Crippen LogP contribution in [-0.4, -0.2) is 317 Å². The summed E-state index contributed by atoms with van der Waals surface area (Å²) < 4.78 is 15.4. The largest absolute Gasteiger partial charge is 0.369 e. The molecule has 3 aromatic rings. The number of amides is 11. The standard InChI is InChI=1S/C68H90N20O17/c89-23-7-8-42-28-54-66(101)83-20-5-13-52(83)64(99)81-18-2-10-49(81)61(96)69-31-44-36-79(76-72-44)41-60(95)88-38-47(105-27-25-91)30-56(88)68(103)85-22-6-14-53(85)65(100)82-19-3-11-50(82)62(97)70-32-45-35-78(75-73-45)40-59(94)87-37-46(104-26-24-90)29-55(87)67(102)84-21-4-12-51(84)63(98)80-17-1-9-48(80)57(92)16-15-43-34-77(74-71-43)39-58(93)86(54)33-42/h23-25,34-36,42,46-56H,1-22,26-33,37-41H2,(H,69,96)(H,70,97)/t42-,46-,47-,48+,49+,50+,51+,52+,53+,54+,55+,56+/m1/s1. The Balaban J connectivity index is 0.726. The number of fused-ring (bicyclic) bond motifs is 15. The van der Waals surface area contributed by atoms with Crippen molar-refractivity contribution in [2.24, 2.45) is 5.92 Å². The maximum Gasteiger partial charge on any atom is 0.246 e. The molecule has 11 amide bonds. The molecule has 13 heterocycles. The van der Waals surface area contributed by atoms with Crippen LogP contribution >= 0.6 is 0 Å². The Morgan fingerprint density at radius 2 is 0.724 bits per heavy atom. The van der Waals surface area contributed by atoms with E-state index in [1.807, 2.05) is 0 Å². The van der Waals surface area contributed by atoms with Gasteiger partial charge in [0.25, 0.3) is 0 Å². The van der Waals surface area contributed by atoms with Crippen molar-refractivity contribution in [2.75, 3.05) is 72.1 Å². The number of aldehydes is 3. The predicted molar refractivity (Wildman–Crippen MR) is 356 cm³/mol. The van der Waals surface area contributed by atoms with Crippen LogP contribution in [0.5, 0.6) is 0 Å². The van der Waals surface area contributed by atoms with Gasteiger partial charge in [-0.05, 0) is 95.8 Å². The first-order chi connectivity index (χ1) is 50.9. The smallest absolute Gasteiger partial charge is 0.246 e. The van der Waals surface area contributed by atoms with Gasteiger partial charge < -0.3 is 78.6 Å². The lowest BCUT2D eigenvalue weighted by Crippen LogP contribution is -2.56. The number of nitrogens with one attached hydrogen (secondary N) is 2. The van der Waals surface area contributed by atoms with E-state index in [2.05, 4.69) is 41.6 Å². The van der Waals surface area contributed by atoms with Crippen molar-refractivity contribution in [1.82, 2.24) is 99.7 Å². The van der Waals surface area contributed by atoms with Gasteiger partial charge in [-0.1, -0.05) is 15.6 Å². The number of nitrogens with zero attached hydrogens (tertiary/aromatic N) is 18. The van der Waals surface area contributed by atoms with Gasteiger partial charge in [0.05, 0.1) is 49.4 Å². The highest BCUT2D eigenvalue weighted by Crippen LogP contribution is 2.35. The minimum atomic E-state index is -1.10. The molecule has 0 saturated carbocycles. The average molecular weight is 1460 g/mol. The second kappa shape index (κ2) is 32.7. The summed E-state index contributed by atoms with van der Waals surface area (Å²) in [6.45, 7) is -0.513. The zero-order valence-corrected chi connectivity index (χ0v) is 58.6. The Kier molecular flexibility index (Phi) is 22.9. The SMILES string of the molecule is O=CCC[C@@H]1C[C@H]2C(=O)N3CCC[C@H]3C(=O)N3CCC[C@H]3C(=O)NCc3cn(nn3)CC(=O)N3C[C@H](OCC=O)C[C@H]3C(=O)N3CCC[C@H]3C(=O)N3CCC[C@H]3C(=O)NCc3cn(nn3)CC(=O)N3C[C@H](OCC=O)C[C@H]3C(=O)N3CCC[C@H]3C(=O)N3CCC[C@H]3C(=O)CCc3cn(nn3)CC(=O)N2C1. The third-order valence-corrected chi connectivity index (χ3v) is 22.4. The number of ether oxygens (including phenoxy) is 2. The predicted octanol–water partition coefficient (Wildman–Crippen LogP) is -3.88. The van der Waals surface area contributed by atoms with E-state index in [1.54, 1.807) is 6.20 Å². The maximum atomic E-state index is 14.8. The van der Waals surface area contributed by atoms with E-state index in [4.69, 9.17) is 9.47 Å². The number of carbonyl (C=O) groups excluding carboxylic acids is 15. The van der Waals surface area contributed by atoms with Gasteiger partial charge >= 0.3 is 0 Å². The third kappa shape index (κ3) is 15.9. The van der Waals surface area contributed by atoms with Crippen molar-refractivity contribution in [2.45, 2.75) is 221 Å². The monoisotopic (exact) mass is 1460 g/mol. The van der Waals surface area contributed by atoms with Crippen molar-refractivity contribution >= 4 is 89.6 Å². The van der Waals surface area contributed by atoms with Gasteiger partial charge in [-0.2, -0.15) is 0 Å². The molecule has 0 unspecified atom stereocenters. The molecule has 37 heteroatoms. The Morgan fingerprint density at radius 3 is 1.13 bits per heavy atom. The number of ketones is 1. The van der Waals surface area contributed by atoms with E-state index in [0.717, 1.165) is 6.29 Å². The molecule has 37 nitrogen and oxygen atoms in total. The summed E-state index contributed by atoms with van der Waals surface area (Å²) in [5.41, 5.74) is 0.936. The number of carbonyl (C=O) groups is 15. The van der Waals surface area contributed by atoms with Crippen LogP contribution in [0.4, 0.5) is 0 Å². The molecular formula is C68H90N20O17. The van der Waals surface area contributed by atoms with Gasteiger partial charge in [-0.15, -0.1) is 15.3 Å². The zero-order chi connectivity index (χ0) is 73.6. The van der Waals surface area contributed by atoms with Gasteiger partial charge in [0, 0.05) is 97.2 Å². The van der Waals surface area contributed by atoms with Gasteiger partial charge in [-0.25, -0.2) is 14.0 Å². The van der Waals surface area contributed by atoms with Crippen LogP contribution in [0, 0.1) is 5.92 Å². The molecule has 13 rings (SSSR count). The van der Waals surface area contributed by atoms with E-state index >= 15 is 0 Å². The molecule has 9 fully saturated rings. The fourth-order valence-corrected chi connectivity index (χ4v) is 17.4. The average Bonchev–Trinajstić information content (AvgIpc) is 1.66. The lowest BCUT2D eigenvalue weighted by molar-refractivity contribution is -0.150. The lowest BCUT2D eigenvalue weighted by Gasteiger charge is -2.34. The lowest BCUT2D eigenvalue weighted by atomic mass is 9.99. The molecule has 0 aliphatic carbocycles. The number of hydrogen-bond acceptors (Lipinski definition) is 23. The van der Waals surface area contributed by atoms with E-state index in [1.165, 1.54) is 70.5 Å². The van der Waals surface area contributed by atoms with E-state index < -0.39 is 138 Å². The maximum absolute atomic E-state index is 14.8. The Morgan fingerprint density at radius 1 is 0.381 bits per heavy atom. The summed E-state index contributed by atoms with van der Waals surface area (Å²) in [6.07, 6.45) is 10.9. The van der Waals surface area contributed by atoms with Gasteiger partial charge in [0.15, 0.2) is 5.78 Å². The number of aromatic nitrogens is 9. The van der Waals surface area contributed by atoms with Crippen molar-refractivity contribution in [3.05, 3.63) is 35.7 Å². The normalized spacial score (nSPS) is 29.8. The van der Waals surface area contributed by atoms with Crippen LogP contribution in [0.3, 0.4) is 0 Å².